The molecule has 0 aliphatic heterocycles. The Kier molecular flexibility index (Phi) is 12.2. The van der Waals surface area contributed by atoms with E-state index in [2.05, 4.69) is 59.2 Å². The quantitative estimate of drug-likeness (QED) is 0.253. The molecule has 0 radical (unpaired) electrons. The zero-order chi connectivity index (χ0) is 25.4. The van der Waals surface area contributed by atoms with Gasteiger partial charge < -0.3 is 24.8 Å². The normalized spacial score (nSPS) is 10.9. The molecule has 0 heterocycles. The van der Waals surface area contributed by atoms with Crippen LogP contribution in [0.5, 0.6) is 17.2 Å². The second-order valence-electron chi connectivity index (χ2n) is 8.98. The van der Waals surface area contributed by atoms with E-state index in [9.17, 15) is 0 Å². The van der Waals surface area contributed by atoms with E-state index in [-0.39, 0.29) is 0 Å². The van der Waals surface area contributed by atoms with Gasteiger partial charge in [0.25, 0.3) is 0 Å². The van der Waals surface area contributed by atoms with E-state index in [0.717, 1.165) is 69.1 Å². The summed E-state index contributed by atoms with van der Waals surface area (Å²) in [5, 5.41) is 7.17. The Morgan fingerprint density at radius 1 is 0.583 bits per heavy atom. The number of ether oxygens (including phenoxy) is 3. The third-order valence-electron chi connectivity index (χ3n) is 6.50. The number of rotatable bonds is 17. The number of hydrogen-bond acceptors (Lipinski definition) is 5. The Morgan fingerprint density at radius 2 is 1.31 bits per heavy atom. The van der Waals surface area contributed by atoms with E-state index >= 15 is 0 Å². The Hall–Kier alpha value is -3.02. The van der Waals surface area contributed by atoms with E-state index in [0.29, 0.717) is 0 Å². The molecule has 5 nitrogen and oxygen atoms in total. The lowest BCUT2D eigenvalue weighted by atomic mass is 9.96. The molecule has 3 aromatic carbocycles. The lowest BCUT2D eigenvalue weighted by molar-refractivity contribution is 0.351. The number of methoxy groups -OCH3 is 3. The number of aryl methyl sites for hydroxylation is 1. The minimum Gasteiger partial charge on any atom is -0.497 e. The molecular formula is C31H42N2O3. The third-order valence-corrected chi connectivity index (χ3v) is 6.50. The zero-order valence-corrected chi connectivity index (χ0v) is 22.1. The second-order valence-corrected chi connectivity index (χ2v) is 8.98. The molecule has 0 aliphatic rings. The summed E-state index contributed by atoms with van der Waals surface area (Å²) in [6.45, 7) is 4.09. The van der Waals surface area contributed by atoms with Gasteiger partial charge in [-0.3, -0.25) is 0 Å². The van der Waals surface area contributed by atoms with E-state index < -0.39 is 0 Å². The monoisotopic (exact) mass is 490 g/mol. The van der Waals surface area contributed by atoms with Crippen molar-refractivity contribution >= 4 is 0 Å². The Labute approximate surface area is 217 Å². The maximum atomic E-state index is 5.78. The predicted octanol–water partition coefficient (Wildman–Crippen LogP) is 5.24. The smallest absolute Gasteiger partial charge is 0.164 e. The topological polar surface area (TPSA) is 51.8 Å². The fourth-order valence-corrected chi connectivity index (χ4v) is 4.49. The van der Waals surface area contributed by atoms with Crippen LogP contribution in [-0.4, -0.2) is 47.5 Å². The van der Waals surface area contributed by atoms with Crippen LogP contribution in [0.1, 0.15) is 35.1 Å². The molecule has 5 heteroatoms. The first-order valence-electron chi connectivity index (χ1n) is 13.1. The average Bonchev–Trinajstić information content (AvgIpc) is 2.93. The van der Waals surface area contributed by atoms with Crippen molar-refractivity contribution in [2.45, 2.75) is 38.5 Å². The first kappa shape index (κ1) is 27.6. The molecule has 194 valence electrons. The van der Waals surface area contributed by atoms with Gasteiger partial charge in [-0.05, 0) is 99.6 Å². The van der Waals surface area contributed by atoms with E-state index in [1.807, 2.05) is 18.2 Å². The van der Waals surface area contributed by atoms with Crippen LogP contribution in [0.4, 0.5) is 0 Å². The fourth-order valence-electron chi connectivity index (χ4n) is 4.49. The Morgan fingerprint density at radius 3 is 2.00 bits per heavy atom. The molecule has 3 aromatic rings. The highest BCUT2D eigenvalue weighted by Crippen LogP contribution is 2.34. The average molecular weight is 491 g/mol. The summed E-state index contributed by atoms with van der Waals surface area (Å²) in [5.41, 5.74) is 5.18. The molecule has 0 saturated carbocycles. The van der Waals surface area contributed by atoms with Crippen LogP contribution in [-0.2, 0) is 25.7 Å². The largest absolute Gasteiger partial charge is 0.497 e. The van der Waals surface area contributed by atoms with Gasteiger partial charge in [0, 0.05) is 5.56 Å². The van der Waals surface area contributed by atoms with Gasteiger partial charge in [0.15, 0.2) is 11.5 Å². The molecular weight excluding hydrogens is 448 g/mol. The van der Waals surface area contributed by atoms with Crippen LogP contribution in [0.3, 0.4) is 0 Å². The van der Waals surface area contributed by atoms with Gasteiger partial charge in [-0.2, -0.15) is 0 Å². The summed E-state index contributed by atoms with van der Waals surface area (Å²) >= 11 is 0. The molecule has 36 heavy (non-hydrogen) atoms. The molecule has 0 aromatic heterocycles. The van der Waals surface area contributed by atoms with Crippen LogP contribution in [0.25, 0.3) is 0 Å². The highest BCUT2D eigenvalue weighted by molar-refractivity contribution is 5.51. The molecule has 2 N–H and O–H groups in total. The van der Waals surface area contributed by atoms with Crippen molar-refractivity contribution in [2.24, 2.45) is 0 Å². The Bertz CT molecular complexity index is 1020. The molecule has 0 amide bonds. The van der Waals surface area contributed by atoms with Crippen LogP contribution >= 0.6 is 0 Å². The lowest BCUT2D eigenvalue weighted by Gasteiger charge is -2.17. The van der Waals surface area contributed by atoms with Gasteiger partial charge in [0.1, 0.15) is 5.75 Å². The lowest BCUT2D eigenvalue weighted by Crippen LogP contribution is -2.22. The highest BCUT2D eigenvalue weighted by Gasteiger charge is 2.15. The maximum absolute atomic E-state index is 5.78. The SMILES string of the molecule is COc1cccc(CCc2c(CCNCCCCNCCc3ccccc3)ccc(OC)c2OC)c1. The Balaban J connectivity index is 1.42. The van der Waals surface area contributed by atoms with Gasteiger partial charge >= 0.3 is 0 Å². The van der Waals surface area contributed by atoms with E-state index in [4.69, 9.17) is 14.2 Å². The van der Waals surface area contributed by atoms with Crippen LogP contribution in [0, 0.1) is 0 Å². The van der Waals surface area contributed by atoms with Crippen molar-refractivity contribution in [1.82, 2.24) is 10.6 Å². The summed E-state index contributed by atoms with van der Waals surface area (Å²) in [6.07, 6.45) is 6.21. The van der Waals surface area contributed by atoms with E-state index in [1.165, 1.54) is 35.1 Å². The van der Waals surface area contributed by atoms with Crippen molar-refractivity contribution in [3.05, 3.63) is 89.0 Å². The second kappa shape index (κ2) is 15.9. The van der Waals surface area contributed by atoms with Crippen molar-refractivity contribution < 1.29 is 14.2 Å². The first-order valence-corrected chi connectivity index (χ1v) is 13.1. The molecule has 0 unspecified atom stereocenters. The minimum absolute atomic E-state index is 0.787. The summed E-state index contributed by atoms with van der Waals surface area (Å²) < 4.78 is 16.7. The molecule has 0 bridgehead atoms. The summed E-state index contributed by atoms with van der Waals surface area (Å²) in [4.78, 5) is 0. The van der Waals surface area contributed by atoms with Gasteiger partial charge in [0.2, 0.25) is 0 Å². The number of unbranched alkanes of at least 4 members (excludes halogenated alkanes) is 1. The van der Waals surface area contributed by atoms with Crippen molar-refractivity contribution in [2.75, 3.05) is 47.5 Å². The molecule has 0 fully saturated rings. The zero-order valence-electron chi connectivity index (χ0n) is 22.1. The van der Waals surface area contributed by atoms with Gasteiger partial charge in [-0.15, -0.1) is 0 Å². The van der Waals surface area contributed by atoms with Crippen LogP contribution in [0.15, 0.2) is 66.7 Å². The van der Waals surface area contributed by atoms with Crippen LogP contribution in [0.2, 0.25) is 0 Å². The fraction of sp³-hybridized carbons (Fsp3) is 0.419. The van der Waals surface area contributed by atoms with Crippen LogP contribution < -0.4 is 24.8 Å². The van der Waals surface area contributed by atoms with Gasteiger partial charge in [-0.1, -0.05) is 48.5 Å². The van der Waals surface area contributed by atoms with Crippen molar-refractivity contribution in [1.29, 1.82) is 0 Å². The van der Waals surface area contributed by atoms with Crippen molar-refractivity contribution in [3.63, 3.8) is 0 Å². The third kappa shape index (κ3) is 8.89. The molecule has 0 spiro atoms. The summed E-state index contributed by atoms with van der Waals surface area (Å²) in [5.74, 6) is 2.52. The van der Waals surface area contributed by atoms with Gasteiger partial charge in [0.05, 0.1) is 21.3 Å². The first-order chi connectivity index (χ1) is 17.7. The van der Waals surface area contributed by atoms with Crippen molar-refractivity contribution in [3.8, 4) is 17.2 Å². The molecule has 3 rings (SSSR count). The number of benzene rings is 3. The van der Waals surface area contributed by atoms with E-state index in [1.54, 1.807) is 21.3 Å². The summed E-state index contributed by atoms with van der Waals surface area (Å²) in [6, 6.07) is 23.1. The maximum Gasteiger partial charge on any atom is 0.164 e. The number of hydrogen-bond donors (Lipinski definition) is 2. The highest BCUT2D eigenvalue weighted by atomic mass is 16.5. The summed E-state index contributed by atoms with van der Waals surface area (Å²) in [7, 11) is 5.13. The molecule has 0 saturated heterocycles. The standard InChI is InChI=1S/C31H42N2O3/c1-34-28-13-9-12-26(24-28)14-16-29-27(15-17-30(35-2)31(29)36-3)19-23-33-21-8-7-20-32-22-18-25-10-5-4-6-11-25/h4-6,9-13,15,17,24,32-33H,7-8,14,16,18-23H2,1-3H3. The van der Waals surface area contributed by atoms with Gasteiger partial charge in [-0.25, -0.2) is 0 Å². The predicted molar refractivity (Wildman–Crippen MR) is 149 cm³/mol. The molecule has 0 aliphatic carbocycles. The minimum atomic E-state index is 0.787. The molecule has 0 atom stereocenters. The number of nitrogens with one attached hydrogen (secondary N) is 2.